The topological polar surface area (TPSA) is 44.5 Å². The van der Waals surface area contributed by atoms with Gasteiger partial charge in [0, 0.05) is 6.07 Å². The Bertz CT molecular complexity index is 350. The Hall–Kier alpha value is -0.930. The molecule has 1 aromatic rings. The van der Waals surface area contributed by atoms with Crippen LogP contribution in [0.15, 0.2) is 12.1 Å². The summed E-state index contributed by atoms with van der Waals surface area (Å²) in [6.07, 6.45) is 0.161. The van der Waals surface area contributed by atoms with Crippen molar-refractivity contribution in [2.24, 2.45) is 0 Å². The molecule has 0 aliphatic carbocycles. The monoisotopic (exact) mass is 213 g/mol. The Kier molecular flexibility index (Phi) is 2.52. The summed E-state index contributed by atoms with van der Waals surface area (Å²) in [4.78, 5) is 0. The van der Waals surface area contributed by atoms with Crippen LogP contribution in [0.1, 0.15) is 5.56 Å². The van der Waals surface area contributed by atoms with Gasteiger partial charge in [0.15, 0.2) is 0 Å². The number of ether oxygens (including phenoxy) is 2. The van der Waals surface area contributed by atoms with Crippen LogP contribution in [0.2, 0.25) is 5.02 Å². The van der Waals surface area contributed by atoms with E-state index < -0.39 is 0 Å². The second-order valence-electron chi connectivity index (χ2n) is 3.42. The molecule has 0 aromatic heterocycles. The lowest BCUT2D eigenvalue weighted by Gasteiger charge is -2.27. The van der Waals surface area contributed by atoms with Gasteiger partial charge in [-0.2, -0.15) is 0 Å². The van der Waals surface area contributed by atoms with Crippen LogP contribution < -0.4 is 10.5 Å². The molecule has 76 valence electrons. The summed E-state index contributed by atoms with van der Waals surface area (Å²) in [5, 5.41) is 0.533. The molecule has 1 fully saturated rings. The van der Waals surface area contributed by atoms with E-state index in [2.05, 4.69) is 0 Å². The highest BCUT2D eigenvalue weighted by atomic mass is 35.5. The van der Waals surface area contributed by atoms with Gasteiger partial charge in [-0.25, -0.2) is 0 Å². The summed E-state index contributed by atoms with van der Waals surface area (Å²) >= 11 is 5.89. The van der Waals surface area contributed by atoms with Gasteiger partial charge in [-0.15, -0.1) is 0 Å². The zero-order valence-corrected chi connectivity index (χ0v) is 8.67. The van der Waals surface area contributed by atoms with Gasteiger partial charge in [0.1, 0.15) is 11.9 Å². The fourth-order valence-electron chi connectivity index (χ4n) is 1.27. The maximum Gasteiger partial charge on any atom is 0.145 e. The predicted octanol–water partition coefficient (Wildman–Crippen LogP) is 2.01. The van der Waals surface area contributed by atoms with Gasteiger partial charge in [-0.3, -0.25) is 0 Å². The maximum atomic E-state index is 5.89. The average Bonchev–Trinajstić information content (AvgIpc) is 2.06. The number of benzene rings is 1. The van der Waals surface area contributed by atoms with Crippen LogP contribution in [-0.4, -0.2) is 19.3 Å². The highest BCUT2D eigenvalue weighted by molar-refractivity contribution is 6.33. The van der Waals surface area contributed by atoms with E-state index in [1.165, 1.54) is 0 Å². The van der Waals surface area contributed by atoms with E-state index in [1.54, 1.807) is 6.07 Å². The number of aryl methyl sites for hydroxylation is 1. The fraction of sp³-hybridized carbons (Fsp3) is 0.400. The SMILES string of the molecule is Cc1cc(N)c(Cl)cc1OC1COC1. The lowest BCUT2D eigenvalue weighted by molar-refractivity contribution is -0.0799. The predicted molar refractivity (Wildman–Crippen MR) is 55.8 cm³/mol. The van der Waals surface area contributed by atoms with Crippen molar-refractivity contribution in [3.63, 3.8) is 0 Å². The molecule has 14 heavy (non-hydrogen) atoms. The normalized spacial score (nSPS) is 16.4. The summed E-state index contributed by atoms with van der Waals surface area (Å²) < 4.78 is 10.7. The molecular weight excluding hydrogens is 202 g/mol. The number of rotatable bonds is 2. The fourth-order valence-corrected chi connectivity index (χ4v) is 1.43. The number of anilines is 1. The Balaban J connectivity index is 2.19. The van der Waals surface area contributed by atoms with E-state index in [9.17, 15) is 0 Å². The zero-order chi connectivity index (χ0) is 10.1. The molecule has 0 amide bonds. The van der Waals surface area contributed by atoms with Crippen molar-refractivity contribution in [1.82, 2.24) is 0 Å². The minimum atomic E-state index is 0.161. The van der Waals surface area contributed by atoms with Crippen LogP contribution in [0.3, 0.4) is 0 Å². The molecule has 1 aliphatic rings. The average molecular weight is 214 g/mol. The summed E-state index contributed by atoms with van der Waals surface area (Å²) in [7, 11) is 0. The van der Waals surface area contributed by atoms with E-state index in [0.717, 1.165) is 11.3 Å². The van der Waals surface area contributed by atoms with Crippen LogP contribution in [-0.2, 0) is 4.74 Å². The second kappa shape index (κ2) is 3.67. The lowest BCUT2D eigenvalue weighted by Crippen LogP contribution is -2.38. The third kappa shape index (κ3) is 1.79. The van der Waals surface area contributed by atoms with Gasteiger partial charge in [-0.1, -0.05) is 11.6 Å². The molecular formula is C10H12ClNO2. The summed E-state index contributed by atoms with van der Waals surface area (Å²) in [6, 6.07) is 3.57. The molecule has 2 N–H and O–H groups in total. The van der Waals surface area contributed by atoms with Crippen molar-refractivity contribution in [1.29, 1.82) is 0 Å². The highest BCUT2D eigenvalue weighted by Crippen LogP contribution is 2.29. The third-order valence-electron chi connectivity index (χ3n) is 2.20. The molecule has 0 spiro atoms. The Morgan fingerprint density at radius 1 is 1.50 bits per heavy atom. The third-order valence-corrected chi connectivity index (χ3v) is 2.52. The van der Waals surface area contributed by atoms with Gasteiger partial charge in [0.25, 0.3) is 0 Å². The van der Waals surface area contributed by atoms with Crippen molar-refractivity contribution >= 4 is 17.3 Å². The van der Waals surface area contributed by atoms with Crippen LogP contribution in [0.5, 0.6) is 5.75 Å². The van der Waals surface area contributed by atoms with E-state index >= 15 is 0 Å². The standard InChI is InChI=1S/C10H12ClNO2/c1-6-2-9(12)8(11)3-10(6)14-7-4-13-5-7/h2-3,7H,4-5,12H2,1H3. The first kappa shape index (κ1) is 9.62. The van der Waals surface area contributed by atoms with Crippen molar-refractivity contribution in [2.75, 3.05) is 18.9 Å². The van der Waals surface area contributed by atoms with Gasteiger partial charge >= 0.3 is 0 Å². The molecule has 3 nitrogen and oxygen atoms in total. The summed E-state index contributed by atoms with van der Waals surface area (Å²) in [6.45, 7) is 3.25. The number of halogens is 1. The van der Waals surface area contributed by atoms with Gasteiger partial charge in [0.05, 0.1) is 23.9 Å². The smallest absolute Gasteiger partial charge is 0.145 e. The minimum Gasteiger partial charge on any atom is -0.485 e. The van der Waals surface area contributed by atoms with Crippen molar-refractivity contribution in [3.8, 4) is 5.75 Å². The molecule has 4 heteroatoms. The molecule has 0 unspecified atom stereocenters. The van der Waals surface area contributed by atoms with Crippen LogP contribution in [0.25, 0.3) is 0 Å². The molecule has 0 bridgehead atoms. The van der Waals surface area contributed by atoms with Crippen molar-refractivity contribution < 1.29 is 9.47 Å². The number of hydrogen-bond acceptors (Lipinski definition) is 3. The van der Waals surface area contributed by atoms with E-state index in [4.69, 9.17) is 26.8 Å². The van der Waals surface area contributed by atoms with E-state index in [1.807, 2.05) is 13.0 Å². The number of hydrogen-bond donors (Lipinski definition) is 1. The van der Waals surface area contributed by atoms with Crippen LogP contribution >= 0.6 is 11.6 Å². The molecule has 1 aliphatic heterocycles. The molecule has 2 rings (SSSR count). The Morgan fingerprint density at radius 3 is 2.79 bits per heavy atom. The Labute approximate surface area is 87.8 Å². The first-order valence-electron chi connectivity index (χ1n) is 4.47. The molecule has 1 aromatic carbocycles. The first-order valence-corrected chi connectivity index (χ1v) is 4.84. The summed E-state index contributed by atoms with van der Waals surface area (Å²) in [5.41, 5.74) is 7.24. The highest BCUT2D eigenvalue weighted by Gasteiger charge is 2.21. The maximum absolute atomic E-state index is 5.89. The van der Waals surface area contributed by atoms with E-state index in [0.29, 0.717) is 23.9 Å². The van der Waals surface area contributed by atoms with E-state index in [-0.39, 0.29) is 6.10 Å². The first-order chi connectivity index (χ1) is 6.66. The van der Waals surface area contributed by atoms with Gasteiger partial charge in [-0.05, 0) is 18.6 Å². The minimum absolute atomic E-state index is 0.161. The zero-order valence-electron chi connectivity index (χ0n) is 7.92. The largest absolute Gasteiger partial charge is 0.485 e. The molecule has 0 atom stereocenters. The molecule has 0 radical (unpaired) electrons. The molecule has 0 saturated carbocycles. The number of nitrogen functional groups attached to an aromatic ring is 1. The number of nitrogens with two attached hydrogens (primary N) is 1. The Morgan fingerprint density at radius 2 is 2.21 bits per heavy atom. The van der Waals surface area contributed by atoms with Gasteiger partial charge in [0.2, 0.25) is 0 Å². The lowest BCUT2D eigenvalue weighted by atomic mass is 10.2. The van der Waals surface area contributed by atoms with Crippen molar-refractivity contribution in [3.05, 3.63) is 22.7 Å². The van der Waals surface area contributed by atoms with Crippen LogP contribution in [0.4, 0.5) is 5.69 Å². The van der Waals surface area contributed by atoms with Crippen molar-refractivity contribution in [2.45, 2.75) is 13.0 Å². The molecule has 1 heterocycles. The van der Waals surface area contributed by atoms with Crippen LogP contribution in [0, 0.1) is 6.92 Å². The summed E-state index contributed by atoms with van der Waals surface area (Å²) in [5.74, 6) is 0.789. The second-order valence-corrected chi connectivity index (χ2v) is 3.82. The molecule has 1 saturated heterocycles. The van der Waals surface area contributed by atoms with Gasteiger partial charge < -0.3 is 15.2 Å². The quantitative estimate of drug-likeness (QED) is 0.765.